The highest BCUT2D eigenvalue weighted by molar-refractivity contribution is 5.78. The molecule has 0 radical (unpaired) electrons. The van der Waals surface area contributed by atoms with Crippen LogP contribution < -0.4 is 0 Å². The Balaban J connectivity index is 1.37. The summed E-state index contributed by atoms with van der Waals surface area (Å²) in [6, 6.07) is 0. The first kappa shape index (κ1) is 15.7. The predicted molar refractivity (Wildman–Crippen MR) is 94.4 cm³/mol. The van der Waals surface area contributed by atoms with E-state index in [1.54, 1.807) is 0 Å². The molecule has 24 heavy (non-hydrogen) atoms. The number of carbonyl (C=O) groups excluding carboxylic acids is 1. The molecule has 0 N–H and O–H groups in total. The minimum absolute atomic E-state index is 0.0701. The van der Waals surface area contributed by atoms with Crippen molar-refractivity contribution in [2.75, 3.05) is 0 Å². The normalized spacial score (nSPS) is 51.3. The minimum Gasteiger partial charge on any atom is -0.458 e. The first-order valence-electron chi connectivity index (χ1n) is 10.8. The highest BCUT2D eigenvalue weighted by atomic mass is 16.6. The Morgan fingerprint density at radius 1 is 0.917 bits per heavy atom. The van der Waals surface area contributed by atoms with Crippen LogP contribution in [0.15, 0.2) is 0 Å². The fourth-order valence-electron chi connectivity index (χ4n) is 8.01. The fourth-order valence-corrected chi connectivity index (χ4v) is 8.01. The number of carbonyl (C=O) groups is 1. The molecule has 6 aliphatic carbocycles. The summed E-state index contributed by atoms with van der Waals surface area (Å²) in [5.74, 6) is 4.24. The summed E-state index contributed by atoms with van der Waals surface area (Å²) in [4.78, 5) is 13.5. The van der Waals surface area contributed by atoms with Crippen molar-refractivity contribution in [3.05, 3.63) is 0 Å². The van der Waals surface area contributed by atoms with Crippen LogP contribution in [0.4, 0.5) is 0 Å². The van der Waals surface area contributed by atoms with Gasteiger partial charge in [0.15, 0.2) is 0 Å². The van der Waals surface area contributed by atoms with Crippen molar-refractivity contribution in [3.8, 4) is 0 Å². The van der Waals surface area contributed by atoms with Crippen LogP contribution in [0.25, 0.3) is 0 Å². The van der Waals surface area contributed by atoms with Crippen LogP contribution >= 0.6 is 0 Å². The van der Waals surface area contributed by atoms with Gasteiger partial charge in [-0.1, -0.05) is 13.3 Å². The Morgan fingerprint density at radius 3 is 2.08 bits per heavy atom. The van der Waals surface area contributed by atoms with Gasteiger partial charge in [-0.3, -0.25) is 4.79 Å². The molecule has 6 fully saturated rings. The fraction of sp³-hybridized carbons (Fsp3) is 0.955. The molecular formula is C22H34O2. The van der Waals surface area contributed by atoms with Crippen LogP contribution in [0.1, 0.15) is 90.4 Å². The smallest absolute Gasteiger partial charge is 0.312 e. The van der Waals surface area contributed by atoms with E-state index >= 15 is 0 Å². The standard InChI is InChI=1S/C22H34O2/c1-2-3-6-22(14-15-4-5-19(22)10-15)24-20(23)21-11-16-7-17(12-21)9-18(8-16)13-21/h15-19H,2-14H2,1H3/t15-,16?,17?,18?,19+,21?,22+/m0/s1. The molecule has 0 saturated heterocycles. The van der Waals surface area contributed by atoms with E-state index in [9.17, 15) is 4.79 Å². The largest absolute Gasteiger partial charge is 0.458 e. The van der Waals surface area contributed by atoms with Gasteiger partial charge in [0.25, 0.3) is 0 Å². The van der Waals surface area contributed by atoms with Crippen LogP contribution in [0.3, 0.4) is 0 Å². The maximum Gasteiger partial charge on any atom is 0.312 e. The number of hydrogen-bond donors (Lipinski definition) is 0. The molecule has 6 aliphatic rings. The molecule has 2 heteroatoms. The highest BCUT2D eigenvalue weighted by Crippen LogP contribution is 2.62. The number of unbranched alkanes of at least 4 members (excludes halogenated alkanes) is 1. The average Bonchev–Trinajstić information content (AvgIpc) is 3.13. The Hall–Kier alpha value is -0.530. The second-order valence-electron chi connectivity index (χ2n) is 10.3. The molecule has 0 spiro atoms. The predicted octanol–water partition coefficient (Wildman–Crippen LogP) is 5.50. The molecule has 0 aromatic heterocycles. The van der Waals surface area contributed by atoms with Gasteiger partial charge < -0.3 is 4.74 Å². The van der Waals surface area contributed by atoms with E-state index in [4.69, 9.17) is 4.74 Å². The summed E-state index contributed by atoms with van der Waals surface area (Å²) in [6.45, 7) is 2.27. The summed E-state index contributed by atoms with van der Waals surface area (Å²) in [6.07, 6.45) is 16.4. The lowest BCUT2D eigenvalue weighted by Crippen LogP contribution is -2.53. The van der Waals surface area contributed by atoms with Crippen LogP contribution in [0.5, 0.6) is 0 Å². The van der Waals surface area contributed by atoms with E-state index in [1.807, 2.05) is 0 Å². The van der Waals surface area contributed by atoms with Gasteiger partial charge in [0.1, 0.15) is 5.60 Å². The van der Waals surface area contributed by atoms with Crippen LogP contribution in [-0.4, -0.2) is 11.6 Å². The molecule has 6 bridgehead atoms. The summed E-state index contributed by atoms with van der Waals surface area (Å²) in [7, 11) is 0. The number of fused-ring (bicyclic) bond motifs is 2. The van der Waals surface area contributed by atoms with Crippen molar-refractivity contribution in [3.63, 3.8) is 0 Å². The van der Waals surface area contributed by atoms with Gasteiger partial charge in [-0.05, 0) is 107 Å². The maximum absolute atomic E-state index is 13.5. The monoisotopic (exact) mass is 330 g/mol. The van der Waals surface area contributed by atoms with Crippen LogP contribution in [0.2, 0.25) is 0 Å². The molecule has 6 rings (SSSR count). The van der Waals surface area contributed by atoms with E-state index in [1.165, 1.54) is 57.8 Å². The molecule has 0 amide bonds. The summed E-state index contributed by atoms with van der Waals surface area (Å²) in [5.41, 5.74) is -0.144. The maximum atomic E-state index is 13.5. The summed E-state index contributed by atoms with van der Waals surface area (Å²) >= 11 is 0. The molecular weight excluding hydrogens is 296 g/mol. The topological polar surface area (TPSA) is 26.3 Å². The second-order valence-corrected chi connectivity index (χ2v) is 10.3. The second kappa shape index (κ2) is 5.48. The van der Waals surface area contributed by atoms with Crippen molar-refractivity contribution in [2.24, 2.45) is 35.0 Å². The Morgan fingerprint density at radius 2 is 1.58 bits per heavy atom. The highest BCUT2D eigenvalue weighted by Gasteiger charge is 2.59. The van der Waals surface area contributed by atoms with E-state index in [0.29, 0.717) is 5.92 Å². The number of hydrogen-bond acceptors (Lipinski definition) is 2. The van der Waals surface area contributed by atoms with Crippen molar-refractivity contribution in [2.45, 2.75) is 96.0 Å². The first-order chi connectivity index (χ1) is 11.6. The van der Waals surface area contributed by atoms with Crippen molar-refractivity contribution >= 4 is 5.97 Å². The molecule has 0 unspecified atom stereocenters. The van der Waals surface area contributed by atoms with Crippen LogP contribution in [0, 0.1) is 35.0 Å². The SMILES string of the molecule is CCCC[C@@]1(OC(=O)C23CC4CC(CC(C4)C2)C3)C[C@H]2CC[C@@H]1C2. The molecule has 134 valence electrons. The lowest BCUT2D eigenvalue weighted by molar-refractivity contribution is -0.193. The third-order valence-corrected chi connectivity index (χ3v) is 8.64. The van der Waals surface area contributed by atoms with Gasteiger partial charge in [0.2, 0.25) is 0 Å². The van der Waals surface area contributed by atoms with Gasteiger partial charge in [-0.2, -0.15) is 0 Å². The third kappa shape index (κ3) is 2.31. The lowest BCUT2D eigenvalue weighted by Gasteiger charge is -2.56. The average molecular weight is 331 g/mol. The zero-order chi connectivity index (χ0) is 16.4. The van der Waals surface area contributed by atoms with Crippen molar-refractivity contribution < 1.29 is 9.53 Å². The summed E-state index contributed by atoms with van der Waals surface area (Å²) in [5, 5.41) is 0. The third-order valence-electron chi connectivity index (χ3n) is 8.64. The molecule has 0 aromatic rings. The Bertz CT molecular complexity index is 489. The minimum atomic E-state index is -0.0736. The lowest BCUT2D eigenvalue weighted by atomic mass is 9.49. The molecule has 6 saturated carbocycles. The molecule has 0 aromatic carbocycles. The number of rotatable bonds is 5. The van der Waals surface area contributed by atoms with Gasteiger partial charge in [-0.15, -0.1) is 0 Å². The molecule has 3 atom stereocenters. The molecule has 0 heterocycles. The Kier molecular flexibility index (Phi) is 3.59. The van der Waals surface area contributed by atoms with Crippen LogP contribution in [-0.2, 0) is 9.53 Å². The summed E-state index contributed by atoms with van der Waals surface area (Å²) < 4.78 is 6.58. The van der Waals surface area contributed by atoms with E-state index < -0.39 is 0 Å². The first-order valence-corrected chi connectivity index (χ1v) is 10.8. The number of esters is 1. The molecule has 0 aliphatic heterocycles. The van der Waals surface area contributed by atoms with Gasteiger partial charge in [0.05, 0.1) is 5.41 Å². The van der Waals surface area contributed by atoms with E-state index in [2.05, 4.69) is 6.92 Å². The van der Waals surface area contributed by atoms with Crippen molar-refractivity contribution in [1.29, 1.82) is 0 Å². The zero-order valence-corrected chi connectivity index (χ0v) is 15.4. The quantitative estimate of drug-likeness (QED) is 0.623. The number of ether oxygens (including phenoxy) is 1. The zero-order valence-electron chi connectivity index (χ0n) is 15.4. The van der Waals surface area contributed by atoms with Gasteiger partial charge in [-0.25, -0.2) is 0 Å². The van der Waals surface area contributed by atoms with E-state index in [0.717, 1.165) is 49.4 Å². The van der Waals surface area contributed by atoms with Crippen molar-refractivity contribution in [1.82, 2.24) is 0 Å². The van der Waals surface area contributed by atoms with E-state index in [-0.39, 0.29) is 17.0 Å². The van der Waals surface area contributed by atoms with Gasteiger partial charge in [0, 0.05) is 0 Å². The van der Waals surface area contributed by atoms with Gasteiger partial charge >= 0.3 is 5.97 Å². The molecule has 2 nitrogen and oxygen atoms in total. The Labute approximate surface area is 147 Å².